The molecule has 3 aromatic rings. The van der Waals surface area contributed by atoms with Crippen LogP contribution >= 0.6 is 0 Å². The fourth-order valence-electron chi connectivity index (χ4n) is 2.50. The number of imidazole rings is 1. The minimum Gasteiger partial charge on any atom is -0.323 e. The summed E-state index contributed by atoms with van der Waals surface area (Å²) in [6.45, 7) is 0.340. The van der Waals surface area contributed by atoms with E-state index in [1.165, 1.54) is 0 Å². The van der Waals surface area contributed by atoms with Crippen LogP contribution in [0, 0.1) is 0 Å². The first-order valence-electron chi connectivity index (χ1n) is 6.99. The van der Waals surface area contributed by atoms with Crippen molar-refractivity contribution in [3.8, 4) is 0 Å². The molecule has 0 saturated carbocycles. The molecule has 0 atom stereocenters. The van der Waals surface area contributed by atoms with E-state index in [9.17, 15) is 9.59 Å². The first-order valence-corrected chi connectivity index (χ1v) is 6.99. The van der Waals surface area contributed by atoms with Gasteiger partial charge in [-0.2, -0.15) is 5.10 Å². The second-order valence-electron chi connectivity index (χ2n) is 5.18. The summed E-state index contributed by atoms with van der Waals surface area (Å²) >= 11 is 0. The molecule has 0 fully saturated rings. The fraction of sp³-hybridized carbons (Fsp3) is 0.267. The molecule has 0 spiro atoms. The molecule has 22 heavy (non-hydrogen) atoms. The summed E-state index contributed by atoms with van der Waals surface area (Å²) < 4.78 is 4.83. The van der Waals surface area contributed by atoms with Crippen molar-refractivity contribution in [2.24, 2.45) is 14.1 Å². The minimum atomic E-state index is -0.146. The van der Waals surface area contributed by atoms with E-state index in [1.54, 1.807) is 40.3 Å². The number of nitrogens with one attached hydrogen (secondary N) is 1. The molecule has 0 aliphatic carbocycles. The number of nitrogens with zero attached hydrogens (tertiary/aromatic N) is 4. The van der Waals surface area contributed by atoms with Crippen molar-refractivity contribution >= 4 is 22.6 Å². The van der Waals surface area contributed by atoms with Gasteiger partial charge in [-0.05, 0) is 12.1 Å². The van der Waals surface area contributed by atoms with Crippen LogP contribution < -0.4 is 11.0 Å². The molecule has 0 radical (unpaired) electrons. The lowest BCUT2D eigenvalue weighted by Crippen LogP contribution is -2.24. The average Bonchev–Trinajstić information content (AvgIpc) is 3.01. The van der Waals surface area contributed by atoms with Gasteiger partial charge in [-0.1, -0.05) is 12.1 Å². The highest BCUT2D eigenvalue weighted by atomic mass is 16.2. The summed E-state index contributed by atoms with van der Waals surface area (Å²) in [5, 5.41) is 6.75. The standard InChI is InChI=1S/C15H17N5O2/c1-18-10-11(9-16-18)17-14(21)7-8-20-13-6-4-3-5-12(13)19(2)15(20)22/h3-6,9-10H,7-8H2,1-2H3,(H,17,21). The van der Waals surface area contributed by atoms with Crippen LogP contribution in [0.5, 0.6) is 0 Å². The Morgan fingerprint density at radius 1 is 1.23 bits per heavy atom. The predicted molar refractivity (Wildman–Crippen MR) is 83.6 cm³/mol. The third-order valence-corrected chi connectivity index (χ3v) is 3.60. The van der Waals surface area contributed by atoms with Crippen LogP contribution in [0.3, 0.4) is 0 Å². The zero-order valence-corrected chi connectivity index (χ0v) is 12.5. The quantitative estimate of drug-likeness (QED) is 0.784. The van der Waals surface area contributed by atoms with E-state index in [0.29, 0.717) is 12.2 Å². The van der Waals surface area contributed by atoms with Crippen LogP contribution in [0.2, 0.25) is 0 Å². The number of carbonyl (C=O) groups is 1. The number of amides is 1. The fourth-order valence-corrected chi connectivity index (χ4v) is 2.50. The largest absolute Gasteiger partial charge is 0.328 e. The van der Waals surface area contributed by atoms with Crippen LogP contribution in [0.4, 0.5) is 5.69 Å². The summed E-state index contributed by atoms with van der Waals surface area (Å²) in [6.07, 6.45) is 3.53. The van der Waals surface area contributed by atoms with E-state index in [-0.39, 0.29) is 18.0 Å². The Labute approximate surface area is 126 Å². The van der Waals surface area contributed by atoms with Crippen molar-refractivity contribution in [2.75, 3.05) is 5.32 Å². The van der Waals surface area contributed by atoms with Crippen molar-refractivity contribution in [1.29, 1.82) is 0 Å². The van der Waals surface area contributed by atoms with Crippen LogP contribution in [0.1, 0.15) is 6.42 Å². The molecule has 0 bridgehead atoms. The highest BCUT2D eigenvalue weighted by molar-refractivity contribution is 5.90. The smallest absolute Gasteiger partial charge is 0.323 e. The number of fused-ring (bicyclic) bond motifs is 1. The third-order valence-electron chi connectivity index (χ3n) is 3.60. The molecule has 3 rings (SSSR count). The van der Waals surface area contributed by atoms with Crippen molar-refractivity contribution in [3.05, 3.63) is 47.1 Å². The van der Waals surface area contributed by atoms with E-state index >= 15 is 0 Å². The average molecular weight is 299 g/mol. The maximum Gasteiger partial charge on any atom is 0.328 e. The van der Waals surface area contributed by atoms with E-state index in [0.717, 1.165) is 11.0 Å². The van der Waals surface area contributed by atoms with Crippen LogP contribution in [0.15, 0.2) is 41.5 Å². The number of aryl methyl sites for hydroxylation is 3. The molecule has 1 aromatic carbocycles. The summed E-state index contributed by atoms with van der Waals surface area (Å²) in [4.78, 5) is 24.2. The van der Waals surface area contributed by atoms with Gasteiger partial charge in [0.2, 0.25) is 5.91 Å². The lowest BCUT2D eigenvalue weighted by Gasteiger charge is -2.04. The highest BCUT2D eigenvalue weighted by Gasteiger charge is 2.11. The molecule has 0 aliphatic heterocycles. The normalized spacial score (nSPS) is 11.0. The van der Waals surface area contributed by atoms with Gasteiger partial charge in [-0.25, -0.2) is 4.79 Å². The van der Waals surface area contributed by atoms with E-state index in [1.807, 2.05) is 24.3 Å². The monoisotopic (exact) mass is 299 g/mol. The molecule has 1 amide bonds. The Bertz CT molecular complexity index is 887. The van der Waals surface area contributed by atoms with Gasteiger partial charge in [0.15, 0.2) is 0 Å². The SMILES string of the molecule is Cn1cc(NC(=O)CCn2c(=O)n(C)c3ccccc32)cn1. The molecular weight excluding hydrogens is 282 g/mol. The van der Waals surface area contributed by atoms with Gasteiger partial charge in [0.1, 0.15) is 0 Å². The summed E-state index contributed by atoms with van der Waals surface area (Å²) in [6, 6.07) is 7.55. The number of aromatic nitrogens is 4. The third kappa shape index (κ3) is 2.52. The molecule has 2 heterocycles. The Morgan fingerprint density at radius 2 is 1.95 bits per heavy atom. The number of carbonyl (C=O) groups excluding carboxylic acids is 1. The topological polar surface area (TPSA) is 73.8 Å². The second kappa shape index (κ2) is 5.51. The maximum atomic E-state index is 12.2. The van der Waals surface area contributed by atoms with Crippen LogP contribution in [0.25, 0.3) is 11.0 Å². The first kappa shape index (κ1) is 14.1. The van der Waals surface area contributed by atoms with Gasteiger partial charge in [0, 0.05) is 33.3 Å². The van der Waals surface area contributed by atoms with Gasteiger partial charge < -0.3 is 5.32 Å². The Kier molecular flexibility index (Phi) is 3.54. The van der Waals surface area contributed by atoms with E-state index < -0.39 is 0 Å². The molecule has 7 nitrogen and oxygen atoms in total. The Balaban J connectivity index is 1.75. The van der Waals surface area contributed by atoms with Gasteiger partial charge >= 0.3 is 5.69 Å². The molecule has 0 unspecified atom stereocenters. The van der Waals surface area contributed by atoms with E-state index in [2.05, 4.69) is 10.4 Å². The van der Waals surface area contributed by atoms with Gasteiger partial charge in [-0.15, -0.1) is 0 Å². The molecule has 2 aromatic heterocycles. The lowest BCUT2D eigenvalue weighted by atomic mass is 10.3. The predicted octanol–water partition coefficient (Wildman–Crippen LogP) is 1.10. The molecular formula is C15H17N5O2. The van der Waals surface area contributed by atoms with Gasteiger partial charge in [0.25, 0.3) is 0 Å². The number of anilines is 1. The Hall–Kier alpha value is -2.83. The Morgan fingerprint density at radius 3 is 2.64 bits per heavy atom. The molecule has 0 aliphatic rings. The summed E-state index contributed by atoms with van der Waals surface area (Å²) in [5.74, 6) is -0.146. The molecule has 0 saturated heterocycles. The zero-order chi connectivity index (χ0) is 15.7. The zero-order valence-electron chi connectivity index (χ0n) is 12.5. The number of para-hydroxylation sites is 2. The lowest BCUT2D eigenvalue weighted by molar-refractivity contribution is -0.116. The number of rotatable bonds is 4. The maximum absolute atomic E-state index is 12.2. The second-order valence-corrected chi connectivity index (χ2v) is 5.18. The van der Waals surface area contributed by atoms with Crippen molar-refractivity contribution < 1.29 is 4.79 Å². The highest BCUT2D eigenvalue weighted by Crippen LogP contribution is 2.12. The van der Waals surface area contributed by atoms with Crippen molar-refractivity contribution in [1.82, 2.24) is 18.9 Å². The summed E-state index contributed by atoms with van der Waals surface area (Å²) in [5.41, 5.74) is 2.23. The first-order chi connectivity index (χ1) is 10.6. The van der Waals surface area contributed by atoms with E-state index in [4.69, 9.17) is 0 Å². The van der Waals surface area contributed by atoms with Crippen molar-refractivity contribution in [2.45, 2.75) is 13.0 Å². The van der Waals surface area contributed by atoms with Gasteiger partial charge in [-0.3, -0.25) is 18.6 Å². The van der Waals surface area contributed by atoms with Crippen LogP contribution in [-0.2, 0) is 25.4 Å². The number of benzene rings is 1. The summed E-state index contributed by atoms with van der Waals surface area (Å²) in [7, 11) is 3.52. The minimum absolute atomic E-state index is 0.115. The number of hydrogen-bond acceptors (Lipinski definition) is 3. The molecule has 114 valence electrons. The van der Waals surface area contributed by atoms with Crippen LogP contribution in [-0.4, -0.2) is 24.8 Å². The molecule has 1 N–H and O–H groups in total. The van der Waals surface area contributed by atoms with Crippen molar-refractivity contribution in [3.63, 3.8) is 0 Å². The molecule has 7 heteroatoms. The van der Waals surface area contributed by atoms with Gasteiger partial charge in [0.05, 0.1) is 22.9 Å². The number of hydrogen-bond donors (Lipinski definition) is 1.